The van der Waals surface area contributed by atoms with E-state index in [4.69, 9.17) is 16.3 Å². The van der Waals surface area contributed by atoms with E-state index in [0.717, 1.165) is 12.1 Å². The fourth-order valence-electron chi connectivity index (χ4n) is 3.42. The minimum Gasteiger partial charge on any atom is -0.465 e. The molecule has 0 amide bonds. The lowest BCUT2D eigenvalue weighted by molar-refractivity contribution is 0.0596. The highest BCUT2D eigenvalue weighted by Gasteiger charge is 2.23. The maximum absolute atomic E-state index is 12.6. The second-order valence-corrected chi connectivity index (χ2v) is 9.14. The number of halogens is 1. The van der Waals surface area contributed by atoms with Crippen molar-refractivity contribution in [3.05, 3.63) is 40.4 Å². The van der Waals surface area contributed by atoms with Crippen LogP contribution in [0.5, 0.6) is 0 Å². The van der Waals surface area contributed by atoms with E-state index >= 15 is 0 Å². The molecule has 0 radical (unpaired) electrons. The Morgan fingerprint density at radius 1 is 1.24 bits per heavy atom. The predicted octanol–water partition coefficient (Wildman–Crippen LogP) is 5.92. The third-order valence-corrected chi connectivity index (χ3v) is 6.97. The molecule has 0 unspecified atom stereocenters. The number of carbonyl (C=O) groups is 1. The van der Waals surface area contributed by atoms with Crippen LogP contribution in [0.25, 0.3) is 0 Å². The molecule has 1 saturated carbocycles. The molecule has 1 fully saturated rings. The number of methoxy groups -OCH3 is 1. The quantitative estimate of drug-likeness (QED) is 0.231. The van der Waals surface area contributed by atoms with Crippen LogP contribution in [0.2, 0.25) is 5.02 Å². The summed E-state index contributed by atoms with van der Waals surface area (Å²) in [6.45, 7) is 0.809. The highest BCUT2D eigenvalue weighted by molar-refractivity contribution is 7.99. The Labute approximate surface area is 185 Å². The first-order valence-electron chi connectivity index (χ1n) is 9.76. The van der Waals surface area contributed by atoms with Crippen LogP contribution in [0.4, 0.5) is 5.82 Å². The third-order valence-electron chi connectivity index (χ3n) is 5.03. The molecule has 1 aliphatic rings. The maximum atomic E-state index is 12.6. The van der Waals surface area contributed by atoms with Crippen LogP contribution in [0.1, 0.15) is 48.0 Å². The molecule has 1 aromatic heterocycles. The van der Waals surface area contributed by atoms with Gasteiger partial charge >= 0.3 is 5.97 Å². The minimum absolute atomic E-state index is 0.401. The van der Waals surface area contributed by atoms with Crippen molar-refractivity contribution in [1.29, 1.82) is 0 Å². The first-order chi connectivity index (χ1) is 14.1. The van der Waals surface area contributed by atoms with Crippen molar-refractivity contribution in [2.45, 2.75) is 48.0 Å². The number of nitrogens with zero attached hydrogens (tertiary/aromatic N) is 2. The largest absolute Gasteiger partial charge is 0.465 e. The van der Waals surface area contributed by atoms with E-state index in [1.807, 2.05) is 30.5 Å². The van der Waals surface area contributed by atoms with E-state index in [1.54, 1.807) is 0 Å². The summed E-state index contributed by atoms with van der Waals surface area (Å²) in [7, 11) is 1.39. The van der Waals surface area contributed by atoms with Crippen LogP contribution in [-0.2, 0) is 10.5 Å². The van der Waals surface area contributed by atoms with Crippen molar-refractivity contribution < 1.29 is 9.53 Å². The molecule has 0 saturated heterocycles. The Kier molecular flexibility index (Phi) is 8.51. The molecule has 1 N–H and O–H groups in total. The van der Waals surface area contributed by atoms with Gasteiger partial charge in [-0.25, -0.2) is 14.8 Å². The molecule has 3 rings (SSSR count). The van der Waals surface area contributed by atoms with Gasteiger partial charge in [0.2, 0.25) is 0 Å². The second-order valence-electron chi connectivity index (χ2n) is 7.00. The molecule has 1 heterocycles. The number of anilines is 1. The van der Waals surface area contributed by atoms with Crippen molar-refractivity contribution >= 4 is 46.9 Å². The number of esters is 1. The Balaban J connectivity index is 1.86. The van der Waals surface area contributed by atoms with Gasteiger partial charge in [-0.1, -0.05) is 60.8 Å². The fourth-order valence-corrected chi connectivity index (χ4v) is 5.15. The van der Waals surface area contributed by atoms with Crippen LogP contribution < -0.4 is 5.32 Å². The molecule has 0 atom stereocenters. The van der Waals surface area contributed by atoms with Gasteiger partial charge in [-0.3, -0.25) is 0 Å². The molecule has 0 bridgehead atoms. The summed E-state index contributed by atoms with van der Waals surface area (Å²) in [6, 6.07) is 7.70. The second kappa shape index (κ2) is 11.1. The number of hydrogen-bond donors (Lipinski definition) is 1. The van der Waals surface area contributed by atoms with Gasteiger partial charge in [0.1, 0.15) is 16.4 Å². The molecule has 0 aliphatic heterocycles. The maximum Gasteiger partial charge on any atom is 0.344 e. The Morgan fingerprint density at radius 3 is 2.69 bits per heavy atom. The van der Waals surface area contributed by atoms with Crippen molar-refractivity contribution in [2.24, 2.45) is 5.92 Å². The number of rotatable bonds is 8. The van der Waals surface area contributed by atoms with Crippen molar-refractivity contribution in [2.75, 3.05) is 25.2 Å². The highest BCUT2D eigenvalue weighted by atomic mass is 35.5. The lowest BCUT2D eigenvalue weighted by Gasteiger charge is -2.23. The SMILES string of the molecule is COC(=O)c1c(NCC2CCCCC2)nc(SC)nc1SCc1ccccc1Cl. The lowest BCUT2D eigenvalue weighted by Crippen LogP contribution is -2.20. The Bertz CT molecular complexity index is 845. The summed E-state index contributed by atoms with van der Waals surface area (Å²) >= 11 is 9.22. The van der Waals surface area contributed by atoms with Gasteiger partial charge < -0.3 is 10.1 Å². The summed E-state index contributed by atoms with van der Waals surface area (Å²) in [4.78, 5) is 21.8. The first-order valence-corrected chi connectivity index (χ1v) is 12.4. The number of benzene rings is 1. The smallest absolute Gasteiger partial charge is 0.344 e. The molecule has 156 valence electrons. The molecular formula is C21H26ClN3O2S2. The number of aromatic nitrogens is 2. The van der Waals surface area contributed by atoms with Gasteiger partial charge in [0.15, 0.2) is 5.16 Å². The molecule has 2 aromatic rings. The number of carbonyl (C=O) groups excluding carboxylic acids is 1. The number of thioether (sulfide) groups is 2. The highest BCUT2D eigenvalue weighted by Crippen LogP contribution is 2.33. The Morgan fingerprint density at radius 2 is 2.00 bits per heavy atom. The monoisotopic (exact) mass is 451 g/mol. The van der Waals surface area contributed by atoms with E-state index in [2.05, 4.69) is 15.3 Å². The molecule has 29 heavy (non-hydrogen) atoms. The van der Waals surface area contributed by atoms with Gasteiger partial charge in [0.25, 0.3) is 0 Å². The lowest BCUT2D eigenvalue weighted by atomic mass is 9.89. The van der Waals surface area contributed by atoms with Crippen LogP contribution in [0, 0.1) is 5.92 Å². The summed E-state index contributed by atoms with van der Waals surface area (Å²) in [5.74, 6) is 1.35. The first kappa shape index (κ1) is 22.2. The fraction of sp³-hybridized carbons (Fsp3) is 0.476. The van der Waals surface area contributed by atoms with Gasteiger partial charge in [-0.05, 0) is 36.6 Å². The van der Waals surface area contributed by atoms with Gasteiger partial charge in [-0.15, -0.1) is 11.8 Å². The number of ether oxygens (including phenoxy) is 1. The molecule has 8 heteroatoms. The number of hydrogen-bond acceptors (Lipinski definition) is 7. The van der Waals surface area contributed by atoms with E-state index < -0.39 is 5.97 Å². The Hall–Kier alpha value is -1.44. The summed E-state index contributed by atoms with van der Waals surface area (Å²) in [6.07, 6.45) is 8.23. The van der Waals surface area contributed by atoms with E-state index in [9.17, 15) is 4.79 Å². The average molecular weight is 452 g/mol. The third kappa shape index (κ3) is 6.03. The predicted molar refractivity (Wildman–Crippen MR) is 121 cm³/mol. The van der Waals surface area contributed by atoms with Crippen molar-refractivity contribution in [3.63, 3.8) is 0 Å². The molecule has 1 aromatic carbocycles. The van der Waals surface area contributed by atoms with Crippen LogP contribution in [0.3, 0.4) is 0 Å². The van der Waals surface area contributed by atoms with Crippen molar-refractivity contribution in [1.82, 2.24) is 9.97 Å². The summed E-state index contributed by atoms with van der Waals surface area (Å²) in [5.41, 5.74) is 1.40. The number of nitrogens with one attached hydrogen (secondary N) is 1. The van der Waals surface area contributed by atoms with Gasteiger partial charge in [-0.2, -0.15) is 0 Å². The van der Waals surface area contributed by atoms with Gasteiger partial charge in [0, 0.05) is 17.3 Å². The van der Waals surface area contributed by atoms with E-state index in [0.29, 0.717) is 38.3 Å². The average Bonchev–Trinajstić information content (AvgIpc) is 2.76. The zero-order valence-electron chi connectivity index (χ0n) is 16.7. The van der Waals surface area contributed by atoms with Crippen LogP contribution in [-0.4, -0.2) is 35.8 Å². The minimum atomic E-state index is -0.426. The summed E-state index contributed by atoms with van der Waals surface area (Å²) in [5, 5.41) is 5.36. The molecule has 1 aliphatic carbocycles. The molecular weight excluding hydrogens is 426 g/mol. The zero-order valence-corrected chi connectivity index (χ0v) is 19.1. The standard InChI is InChI=1S/C21H26ClN3O2S2/c1-27-20(26)17-18(23-12-14-8-4-3-5-9-14)24-21(28-2)25-19(17)29-13-15-10-6-7-11-16(15)22/h6-7,10-11,14H,3-5,8-9,12-13H2,1-2H3,(H,23,24,25). The zero-order chi connectivity index (χ0) is 20.6. The normalized spacial score (nSPS) is 14.6. The van der Waals surface area contributed by atoms with Crippen LogP contribution >= 0.6 is 35.1 Å². The molecule has 5 nitrogen and oxygen atoms in total. The van der Waals surface area contributed by atoms with Crippen LogP contribution in [0.15, 0.2) is 34.4 Å². The summed E-state index contributed by atoms with van der Waals surface area (Å²) < 4.78 is 5.05. The molecule has 0 spiro atoms. The van der Waals surface area contributed by atoms with Crippen molar-refractivity contribution in [3.8, 4) is 0 Å². The van der Waals surface area contributed by atoms with E-state index in [-0.39, 0.29) is 0 Å². The topological polar surface area (TPSA) is 64.1 Å². The van der Waals surface area contributed by atoms with E-state index in [1.165, 1.54) is 62.7 Å². The van der Waals surface area contributed by atoms with Gasteiger partial charge in [0.05, 0.1) is 7.11 Å².